The largest absolute Gasteiger partial charge is 0.489 e. The Labute approximate surface area is 178 Å². The summed E-state index contributed by atoms with van der Waals surface area (Å²) in [6.07, 6.45) is 6.51. The highest BCUT2D eigenvalue weighted by Crippen LogP contribution is 2.52. The van der Waals surface area contributed by atoms with Gasteiger partial charge in [-0.05, 0) is 65.8 Å². The molecule has 0 radical (unpaired) electrons. The molecule has 1 heterocycles. The van der Waals surface area contributed by atoms with E-state index >= 15 is 0 Å². The summed E-state index contributed by atoms with van der Waals surface area (Å²) in [6, 6.07) is 13.3. The Kier molecular flexibility index (Phi) is 4.62. The zero-order valence-electron chi connectivity index (χ0n) is 16.5. The van der Waals surface area contributed by atoms with Crippen molar-refractivity contribution >= 4 is 23.7 Å². The van der Waals surface area contributed by atoms with E-state index in [1.807, 2.05) is 0 Å². The Bertz CT molecular complexity index is 1080. The first-order chi connectivity index (χ1) is 15.0. The fourth-order valence-electron chi connectivity index (χ4n) is 4.66. The molecule has 3 aliphatic rings. The van der Waals surface area contributed by atoms with Gasteiger partial charge >= 0.3 is 0 Å². The van der Waals surface area contributed by atoms with Gasteiger partial charge in [0.05, 0.1) is 23.0 Å². The number of fused-ring (bicyclic) bond motifs is 5. The quantitative estimate of drug-likeness (QED) is 0.236. The number of carbonyl (C=O) groups excluding carboxylic acids is 2. The lowest BCUT2D eigenvalue weighted by molar-refractivity contribution is -0.384. The molecule has 1 saturated carbocycles. The molecule has 0 N–H and O–H groups in total. The summed E-state index contributed by atoms with van der Waals surface area (Å²) in [6.45, 7) is 0.279. The molecule has 2 bridgehead atoms. The molecular formula is C23H19N3O5. The topological polar surface area (TPSA) is 102 Å². The number of nitro benzene ring substituents is 1. The molecule has 156 valence electrons. The Morgan fingerprint density at radius 2 is 1.61 bits per heavy atom. The Hall–Kier alpha value is -3.81. The molecule has 5 rings (SSSR count). The summed E-state index contributed by atoms with van der Waals surface area (Å²) < 4.78 is 5.70. The molecule has 1 saturated heterocycles. The summed E-state index contributed by atoms with van der Waals surface area (Å²) in [5.41, 5.74) is 1.59. The predicted octanol–water partition coefficient (Wildman–Crippen LogP) is 3.31. The van der Waals surface area contributed by atoms with Gasteiger partial charge in [0.1, 0.15) is 12.4 Å². The zero-order valence-corrected chi connectivity index (χ0v) is 16.5. The van der Waals surface area contributed by atoms with Crippen LogP contribution in [0.3, 0.4) is 0 Å². The fraction of sp³-hybridized carbons (Fsp3) is 0.261. The third-order valence-electron chi connectivity index (χ3n) is 6.20. The number of hydrogen-bond acceptors (Lipinski definition) is 6. The highest BCUT2D eigenvalue weighted by Gasteiger charge is 2.59. The van der Waals surface area contributed by atoms with Gasteiger partial charge in [-0.25, -0.2) is 0 Å². The van der Waals surface area contributed by atoms with Crippen LogP contribution in [0.4, 0.5) is 5.69 Å². The van der Waals surface area contributed by atoms with Crippen molar-refractivity contribution in [1.82, 2.24) is 5.01 Å². The van der Waals surface area contributed by atoms with Crippen LogP contribution in [0.25, 0.3) is 0 Å². The van der Waals surface area contributed by atoms with Gasteiger partial charge in [-0.3, -0.25) is 19.7 Å². The number of nitro groups is 1. The second kappa shape index (κ2) is 7.46. The van der Waals surface area contributed by atoms with E-state index in [0.29, 0.717) is 5.75 Å². The maximum atomic E-state index is 12.6. The number of ether oxygens (including phenoxy) is 1. The molecule has 0 aromatic heterocycles. The molecule has 31 heavy (non-hydrogen) atoms. The van der Waals surface area contributed by atoms with Crippen molar-refractivity contribution in [1.29, 1.82) is 0 Å². The number of nitrogens with zero attached hydrogens (tertiary/aromatic N) is 3. The van der Waals surface area contributed by atoms with Crippen LogP contribution in [-0.2, 0) is 16.2 Å². The number of amides is 2. The number of non-ortho nitro benzene ring substituents is 1. The summed E-state index contributed by atoms with van der Waals surface area (Å²) in [7, 11) is 0. The number of rotatable bonds is 6. The first-order valence-corrected chi connectivity index (χ1v) is 10.1. The number of imide groups is 1. The molecule has 1 aliphatic heterocycles. The van der Waals surface area contributed by atoms with E-state index in [9.17, 15) is 19.7 Å². The minimum atomic E-state index is -0.443. The molecule has 2 aromatic rings. The molecule has 2 fully saturated rings. The number of hydrazone groups is 1. The Morgan fingerprint density at radius 1 is 1.00 bits per heavy atom. The van der Waals surface area contributed by atoms with Crippen molar-refractivity contribution in [3.63, 3.8) is 0 Å². The van der Waals surface area contributed by atoms with Crippen LogP contribution in [0.2, 0.25) is 0 Å². The Morgan fingerprint density at radius 3 is 2.19 bits per heavy atom. The highest BCUT2D eigenvalue weighted by molar-refractivity contribution is 6.06. The van der Waals surface area contributed by atoms with E-state index in [-0.39, 0.29) is 47.8 Å². The SMILES string of the molecule is O=C1[C@@H]2[C@H](C(=O)N1/N=C\c1ccc(OCc3ccc([N+](=O)[O-])cc3)cc1)[C@@H]1C=C[C@H]2C1. The lowest BCUT2D eigenvalue weighted by atomic mass is 9.85. The van der Waals surface area contributed by atoms with E-state index < -0.39 is 4.92 Å². The van der Waals surface area contributed by atoms with Crippen molar-refractivity contribution in [3.05, 3.63) is 81.9 Å². The van der Waals surface area contributed by atoms with Crippen LogP contribution in [-0.4, -0.2) is 28.0 Å². The van der Waals surface area contributed by atoms with Crippen molar-refractivity contribution < 1.29 is 19.2 Å². The maximum absolute atomic E-state index is 12.6. The van der Waals surface area contributed by atoms with Gasteiger partial charge in [0.25, 0.3) is 17.5 Å². The number of carbonyl (C=O) groups is 2. The lowest BCUT2D eigenvalue weighted by Crippen LogP contribution is -2.28. The number of allylic oxidation sites excluding steroid dienone is 2. The summed E-state index contributed by atoms with van der Waals surface area (Å²) >= 11 is 0. The standard InChI is InChI=1S/C23H19N3O5/c27-22-20-16-5-6-17(11-16)21(20)23(28)25(22)24-12-14-3-9-19(10-4-14)31-13-15-1-7-18(8-2-15)26(29)30/h1-10,12,16-17,20-21H,11,13H2/b24-12-/t16-,17+,20-,21+. The van der Waals surface area contributed by atoms with Crippen molar-refractivity contribution in [3.8, 4) is 5.75 Å². The van der Waals surface area contributed by atoms with Gasteiger partial charge in [0, 0.05) is 12.1 Å². The van der Waals surface area contributed by atoms with E-state index in [1.54, 1.807) is 36.4 Å². The van der Waals surface area contributed by atoms with Crippen LogP contribution >= 0.6 is 0 Å². The first-order valence-electron chi connectivity index (χ1n) is 10.1. The van der Waals surface area contributed by atoms with Crippen molar-refractivity contribution in [2.75, 3.05) is 0 Å². The lowest BCUT2D eigenvalue weighted by Gasteiger charge is -2.13. The monoisotopic (exact) mass is 417 g/mol. The van der Waals surface area contributed by atoms with Crippen LogP contribution < -0.4 is 4.74 Å². The molecule has 0 spiro atoms. The molecule has 0 unspecified atom stereocenters. The third kappa shape index (κ3) is 3.39. The van der Waals surface area contributed by atoms with Gasteiger partial charge in [-0.2, -0.15) is 10.1 Å². The molecule has 8 heteroatoms. The van der Waals surface area contributed by atoms with Crippen LogP contribution in [0.1, 0.15) is 17.5 Å². The van der Waals surface area contributed by atoms with Gasteiger partial charge in [-0.1, -0.05) is 12.2 Å². The molecule has 2 amide bonds. The average molecular weight is 417 g/mol. The number of benzene rings is 2. The molecular weight excluding hydrogens is 398 g/mol. The van der Waals surface area contributed by atoms with Gasteiger partial charge in [0.15, 0.2) is 0 Å². The Balaban J connectivity index is 1.20. The second-order valence-electron chi connectivity index (χ2n) is 8.01. The summed E-state index contributed by atoms with van der Waals surface area (Å²) in [5.74, 6) is 0.0423. The summed E-state index contributed by atoms with van der Waals surface area (Å²) in [5, 5.41) is 15.9. The molecule has 4 atom stereocenters. The first kappa shape index (κ1) is 19.2. The third-order valence-corrected chi connectivity index (χ3v) is 6.20. The molecule has 2 aromatic carbocycles. The van der Waals surface area contributed by atoms with E-state index in [1.165, 1.54) is 18.3 Å². The van der Waals surface area contributed by atoms with Crippen molar-refractivity contribution in [2.45, 2.75) is 13.0 Å². The normalized spacial score (nSPS) is 26.1. The smallest absolute Gasteiger partial charge is 0.269 e. The van der Waals surface area contributed by atoms with E-state index in [0.717, 1.165) is 22.6 Å². The van der Waals surface area contributed by atoms with Crippen LogP contribution in [0.15, 0.2) is 65.8 Å². The van der Waals surface area contributed by atoms with Gasteiger partial charge < -0.3 is 4.74 Å². The highest BCUT2D eigenvalue weighted by atomic mass is 16.6. The van der Waals surface area contributed by atoms with E-state index in [2.05, 4.69) is 17.3 Å². The minimum Gasteiger partial charge on any atom is -0.489 e. The minimum absolute atomic E-state index is 0.0369. The molecule has 8 nitrogen and oxygen atoms in total. The summed E-state index contributed by atoms with van der Waals surface area (Å²) in [4.78, 5) is 35.5. The zero-order chi connectivity index (χ0) is 21.5. The average Bonchev–Trinajstić information content (AvgIpc) is 3.46. The van der Waals surface area contributed by atoms with Crippen molar-refractivity contribution in [2.24, 2.45) is 28.8 Å². The van der Waals surface area contributed by atoms with Gasteiger partial charge in [-0.15, -0.1) is 0 Å². The fourth-order valence-corrected chi connectivity index (χ4v) is 4.66. The van der Waals surface area contributed by atoms with Gasteiger partial charge in [0.2, 0.25) is 0 Å². The second-order valence-corrected chi connectivity index (χ2v) is 8.01. The van der Waals surface area contributed by atoms with E-state index in [4.69, 9.17) is 4.74 Å². The maximum Gasteiger partial charge on any atom is 0.269 e. The molecule has 2 aliphatic carbocycles. The van der Waals surface area contributed by atoms with Crippen LogP contribution in [0.5, 0.6) is 5.75 Å². The number of hydrogen-bond donors (Lipinski definition) is 0. The predicted molar refractivity (Wildman–Crippen MR) is 111 cm³/mol. The van der Waals surface area contributed by atoms with Crippen LogP contribution in [0, 0.1) is 33.8 Å².